The van der Waals surface area contributed by atoms with Gasteiger partial charge in [0.2, 0.25) is 0 Å². The quantitative estimate of drug-likeness (QED) is 0.694. The molecule has 3 nitrogen and oxygen atoms in total. The van der Waals surface area contributed by atoms with Crippen LogP contribution in [-0.2, 0) is 4.74 Å². The summed E-state index contributed by atoms with van der Waals surface area (Å²) >= 11 is 0. The van der Waals surface area contributed by atoms with Crippen molar-refractivity contribution < 1.29 is 4.74 Å². The van der Waals surface area contributed by atoms with Crippen LogP contribution in [0.4, 0.5) is 0 Å². The lowest BCUT2D eigenvalue weighted by Gasteiger charge is -2.01. The van der Waals surface area contributed by atoms with Gasteiger partial charge in [-0.2, -0.15) is 0 Å². The Bertz CT molecular complexity index is 466. The number of nitrogens with zero attached hydrogens (tertiary/aromatic N) is 2. The molecule has 2 aromatic rings. The monoisotopic (exact) mass is 198 g/mol. The zero-order valence-electron chi connectivity index (χ0n) is 8.13. The first-order chi connectivity index (χ1) is 7.43. The fourth-order valence-corrected chi connectivity index (χ4v) is 1.54. The fraction of sp³-hybridized carbons (Fsp3) is 0.167. The lowest BCUT2D eigenvalue weighted by atomic mass is 10.1. The summed E-state index contributed by atoms with van der Waals surface area (Å²) in [4.78, 5) is 8.58. The van der Waals surface area contributed by atoms with E-state index >= 15 is 0 Å². The molecule has 1 aliphatic rings. The Labute approximate surface area is 87.8 Å². The van der Waals surface area contributed by atoms with Gasteiger partial charge in [-0.05, 0) is 24.3 Å². The molecule has 0 spiro atoms. The van der Waals surface area contributed by atoms with Crippen LogP contribution in [0.25, 0.3) is 11.3 Å². The van der Waals surface area contributed by atoms with Crippen LogP contribution in [-0.4, -0.2) is 16.6 Å². The molecule has 0 aliphatic carbocycles. The summed E-state index contributed by atoms with van der Waals surface area (Å²) in [5, 5.41) is 0. The van der Waals surface area contributed by atoms with Crippen molar-refractivity contribution in [3.8, 4) is 11.3 Å². The van der Waals surface area contributed by atoms with Gasteiger partial charge in [0, 0.05) is 18.0 Å². The summed E-state index contributed by atoms with van der Waals surface area (Å²) in [5.41, 5.74) is 3.07. The van der Waals surface area contributed by atoms with Crippen LogP contribution in [0, 0.1) is 0 Å². The molecule has 15 heavy (non-hydrogen) atoms. The van der Waals surface area contributed by atoms with E-state index in [0.717, 1.165) is 23.6 Å². The molecular weight excluding hydrogens is 188 g/mol. The van der Waals surface area contributed by atoms with Crippen LogP contribution in [0.5, 0.6) is 0 Å². The minimum atomic E-state index is 0.202. The summed E-state index contributed by atoms with van der Waals surface area (Å²) in [7, 11) is 0. The Morgan fingerprint density at radius 1 is 1.13 bits per heavy atom. The molecule has 0 aromatic carbocycles. The van der Waals surface area contributed by atoms with Crippen molar-refractivity contribution in [3.63, 3.8) is 0 Å². The van der Waals surface area contributed by atoms with Gasteiger partial charge in [-0.25, -0.2) is 0 Å². The van der Waals surface area contributed by atoms with Crippen LogP contribution in [0.3, 0.4) is 0 Å². The molecule has 2 aromatic heterocycles. The lowest BCUT2D eigenvalue weighted by molar-refractivity contribution is 0.411. The van der Waals surface area contributed by atoms with Crippen LogP contribution >= 0.6 is 0 Å². The van der Waals surface area contributed by atoms with E-state index in [2.05, 4.69) is 9.97 Å². The van der Waals surface area contributed by atoms with E-state index in [9.17, 15) is 0 Å². The third-order valence-corrected chi connectivity index (χ3v) is 2.40. The van der Waals surface area contributed by atoms with Crippen molar-refractivity contribution in [1.82, 2.24) is 9.97 Å². The smallest absolute Gasteiger partial charge is 0.123 e. The molecule has 3 rings (SSSR count). The van der Waals surface area contributed by atoms with Crippen molar-refractivity contribution in [2.45, 2.75) is 6.10 Å². The molecule has 1 saturated heterocycles. The van der Waals surface area contributed by atoms with E-state index in [4.69, 9.17) is 4.74 Å². The number of aromatic nitrogens is 2. The van der Waals surface area contributed by atoms with Gasteiger partial charge >= 0.3 is 0 Å². The maximum absolute atomic E-state index is 5.20. The van der Waals surface area contributed by atoms with Gasteiger partial charge in [0.25, 0.3) is 0 Å². The summed E-state index contributed by atoms with van der Waals surface area (Å²) < 4.78 is 5.20. The second-order valence-electron chi connectivity index (χ2n) is 3.51. The summed E-state index contributed by atoms with van der Waals surface area (Å²) in [6.07, 6.45) is 3.80. The van der Waals surface area contributed by atoms with Gasteiger partial charge in [-0.3, -0.25) is 9.97 Å². The largest absolute Gasteiger partial charge is 0.366 e. The topological polar surface area (TPSA) is 38.3 Å². The van der Waals surface area contributed by atoms with Crippen molar-refractivity contribution in [1.29, 1.82) is 0 Å². The van der Waals surface area contributed by atoms with Crippen molar-refractivity contribution >= 4 is 0 Å². The highest BCUT2D eigenvalue weighted by Gasteiger charge is 2.26. The lowest BCUT2D eigenvalue weighted by Crippen LogP contribution is -1.89. The first kappa shape index (κ1) is 8.56. The number of ether oxygens (including phenoxy) is 1. The average Bonchev–Trinajstić information content (AvgIpc) is 3.14. The third-order valence-electron chi connectivity index (χ3n) is 2.40. The molecule has 3 heterocycles. The second kappa shape index (κ2) is 3.44. The third kappa shape index (κ3) is 1.74. The Hall–Kier alpha value is -1.74. The maximum atomic E-state index is 5.20. The average molecular weight is 198 g/mol. The van der Waals surface area contributed by atoms with Crippen LogP contribution < -0.4 is 0 Å². The van der Waals surface area contributed by atoms with Gasteiger partial charge in [0.15, 0.2) is 0 Å². The standard InChI is InChI=1S/C12H10N2O/c1-2-5-13-10(3-1)9-4-6-14-11(7-9)12-8-15-12/h1-7,12H,8H2. The summed E-state index contributed by atoms with van der Waals surface area (Å²) in [6, 6.07) is 9.90. The highest BCUT2D eigenvalue weighted by molar-refractivity contribution is 5.58. The highest BCUT2D eigenvalue weighted by atomic mass is 16.6. The van der Waals surface area contributed by atoms with E-state index in [-0.39, 0.29) is 6.10 Å². The number of epoxide rings is 1. The van der Waals surface area contributed by atoms with E-state index in [0.29, 0.717) is 0 Å². The Morgan fingerprint density at radius 3 is 2.80 bits per heavy atom. The Kier molecular flexibility index (Phi) is 1.96. The van der Waals surface area contributed by atoms with Gasteiger partial charge < -0.3 is 4.74 Å². The first-order valence-corrected chi connectivity index (χ1v) is 4.92. The molecule has 0 N–H and O–H groups in total. The maximum Gasteiger partial charge on any atom is 0.123 e. The minimum absolute atomic E-state index is 0.202. The van der Waals surface area contributed by atoms with Crippen molar-refractivity contribution in [3.05, 3.63) is 48.4 Å². The molecule has 3 heteroatoms. The number of rotatable bonds is 2. The molecule has 74 valence electrons. The van der Waals surface area contributed by atoms with E-state index in [1.54, 1.807) is 12.4 Å². The van der Waals surface area contributed by atoms with Crippen molar-refractivity contribution in [2.75, 3.05) is 6.61 Å². The van der Waals surface area contributed by atoms with Crippen LogP contribution in [0.15, 0.2) is 42.7 Å². The molecule has 0 amide bonds. The molecular formula is C12H10N2O. The zero-order chi connectivity index (χ0) is 10.1. The number of pyridine rings is 2. The second-order valence-corrected chi connectivity index (χ2v) is 3.51. The molecule has 1 fully saturated rings. The van der Waals surface area contributed by atoms with Gasteiger partial charge in [0.1, 0.15) is 6.10 Å². The highest BCUT2D eigenvalue weighted by Crippen LogP contribution is 2.30. The van der Waals surface area contributed by atoms with Crippen LogP contribution in [0.2, 0.25) is 0 Å². The SMILES string of the molecule is c1ccc(-c2ccnc(C3CO3)c2)nc1. The summed E-state index contributed by atoms with van der Waals surface area (Å²) in [6.45, 7) is 0.790. The minimum Gasteiger partial charge on any atom is -0.366 e. The van der Waals surface area contributed by atoms with Crippen LogP contribution in [0.1, 0.15) is 11.8 Å². The first-order valence-electron chi connectivity index (χ1n) is 4.92. The molecule has 1 aliphatic heterocycles. The van der Waals surface area contributed by atoms with E-state index < -0.39 is 0 Å². The van der Waals surface area contributed by atoms with Gasteiger partial charge in [-0.1, -0.05) is 6.07 Å². The van der Waals surface area contributed by atoms with E-state index in [1.807, 2.05) is 30.3 Å². The number of hydrogen-bond acceptors (Lipinski definition) is 3. The molecule has 1 atom stereocenters. The van der Waals surface area contributed by atoms with Gasteiger partial charge in [-0.15, -0.1) is 0 Å². The summed E-state index contributed by atoms with van der Waals surface area (Å²) in [5.74, 6) is 0. The van der Waals surface area contributed by atoms with E-state index in [1.165, 1.54) is 0 Å². The zero-order valence-corrected chi connectivity index (χ0v) is 8.13. The van der Waals surface area contributed by atoms with Gasteiger partial charge in [0.05, 0.1) is 18.0 Å². The Morgan fingerprint density at radius 2 is 2.07 bits per heavy atom. The molecule has 0 bridgehead atoms. The fourth-order valence-electron chi connectivity index (χ4n) is 1.54. The van der Waals surface area contributed by atoms with Crippen molar-refractivity contribution in [2.24, 2.45) is 0 Å². The Balaban J connectivity index is 2.01. The predicted octanol–water partition coefficient (Wildman–Crippen LogP) is 2.21. The molecule has 1 unspecified atom stereocenters. The molecule has 0 radical (unpaired) electrons. The molecule has 0 saturated carbocycles. The normalized spacial score (nSPS) is 18.8. The predicted molar refractivity (Wildman–Crippen MR) is 56.2 cm³/mol. The number of hydrogen-bond donors (Lipinski definition) is 0.